The summed E-state index contributed by atoms with van der Waals surface area (Å²) in [6.45, 7) is 1.26. The largest absolute Gasteiger partial charge is 0.354 e. The van der Waals surface area contributed by atoms with Gasteiger partial charge in [-0.3, -0.25) is 18.0 Å². The zero-order valence-corrected chi connectivity index (χ0v) is 14.8. The van der Waals surface area contributed by atoms with E-state index in [-0.39, 0.29) is 38.6 Å². The van der Waals surface area contributed by atoms with E-state index in [0.717, 1.165) is 12.5 Å². The van der Waals surface area contributed by atoms with Crippen LogP contribution >= 0.6 is 0 Å². The topological polar surface area (TPSA) is 145 Å². The molecule has 0 saturated carbocycles. The van der Waals surface area contributed by atoms with Gasteiger partial charge in [0.05, 0.1) is 38.6 Å². The third kappa shape index (κ3) is 15.4. The lowest BCUT2D eigenvalue weighted by molar-refractivity contribution is -0.124. The van der Waals surface area contributed by atoms with Crippen LogP contribution in [0.4, 0.5) is 0 Å². The van der Waals surface area contributed by atoms with Crippen LogP contribution in [0.5, 0.6) is 0 Å². The van der Waals surface area contributed by atoms with Gasteiger partial charge in [0.25, 0.3) is 20.2 Å². The fourth-order valence-corrected chi connectivity index (χ4v) is 2.10. The molecule has 0 aliphatic heterocycles. The van der Waals surface area contributed by atoms with Crippen molar-refractivity contribution >= 4 is 32.1 Å². The number of carbonyl (C=O) groups excluding carboxylic acids is 2. The number of nitrogens with one attached hydrogen (secondary N) is 2. The molecule has 0 aromatic carbocycles. The van der Waals surface area contributed by atoms with E-state index < -0.39 is 32.1 Å². The molecule has 2 N–H and O–H groups in total. The Morgan fingerprint density at radius 2 is 1.35 bits per heavy atom. The third-order valence-corrected chi connectivity index (χ3v) is 3.46. The molecule has 12 heteroatoms. The second-order valence-corrected chi connectivity index (χ2v) is 8.11. The van der Waals surface area contributed by atoms with Crippen molar-refractivity contribution in [3.63, 3.8) is 0 Å². The van der Waals surface area contributed by atoms with Gasteiger partial charge in [0.2, 0.25) is 11.8 Å². The lowest BCUT2D eigenvalue weighted by Crippen LogP contribution is -2.42. The first kappa shape index (κ1) is 21.8. The van der Waals surface area contributed by atoms with Crippen LogP contribution in [0.3, 0.4) is 0 Å². The van der Waals surface area contributed by atoms with Gasteiger partial charge in [-0.1, -0.05) is 0 Å². The van der Waals surface area contributed by atoms with Crippen molar-refractivity contribution in [1.82, 2.24) is 10.6 Å². The van der Waals surface area contributed by atoms with E-state index in [0.29, 0.717) is 0 Å². The van der Waals surface area contributed by atoms with E-state index in [4.69, 9.17) is 0 Å². The van der Waals surface area contributed by atoms with E-state index in [1.165, 1.54) is 0 Å². The standard InChI is InChI=1S/C11H22N2O8S2/c1-9(13-11(15)5-7-21-23(3,18)19)8-12-10(14)4-6-20-22(2,16)17/h9H,4-8H2,1-3H3,(H,12,14)(H,13,15). The fourth-order valence-electron chi connectivity index (χ4n) is 1.32. The van der Waals surface area contributed by atoms with Crippen molar-refractivity contribution in [1.29, 1.82) is 0 Å². The van der Waals surface area contributed by atoms with Crippen LogP contribution in [0.15, 0.2) is 0 Å². The zero-order valence-electron chi connectivity index (χ0n) is 13.2. The maximum atomic E-state index is 11.5. The first-order valence-electron chi connectivity index (χ1n) is 6.64. The van der Waals surface area contributed by atoms with Crippen LogP contribution in [0, 0.1) is 0 Å². The molecule has 1 atom stereocenters. The van der Waals surface area contributed by atoms with Gasteiger partial charge in [-0.05, 0) is 6.92 Å². The minimum Gasteiger partial charge on any atom is -0.354 e. The highest BCUT2D eigenvalue weighted by Gasteiger charge is 2.11. The van der Waals surface area contributed by atoms with Gasteiger partial charge in [-0.25, -0.2) is 0 Å². The molecule has 0 aliphatic carbocycles. The van der Waals surface area contributed by atoms with Crippen molar-refractivity contribution in [3.05, 3.63) is 0 Å². The van der Waals surface area contributed by atoms with Gasteiger partial charge in [0.15, 0.2) is 0 Å². The monoisotopic (exact) mass is 374 g/mol. The van der Waals surface area contributed by atoms with Crippen molar-refractivity contribution in [2.45, 2.75) is 25.8 Å². The zero-order chi connectivity index (χ0) is 18.1. The highest BCUT2D eigenvalue weighted by Crippen LogP contribution is 1.92. The Balaban J connectivity index is 3.86. The Kier molecular flexibility index (Phi) is 9.27. The summed E-state index contributed by atoms with van der Waals surface area (Å²) in [5, 5.41) is 5.05. The Morgan fingerprint density at radius 1 is 0.913 bits per heavy atom. The second-order valence-electron chi connectivity index (χ2n) is 4.82. The molecule has 23 heavy (non-hydrogen) atoms. The Bertz CT molecular complexity index is 600. The molecule has 0 aromatic rings. The highest BCUT2D eigenvalue weighted by molar-refractivity contribution is 7.86. The van der Waals surface area contributed by atoms with Crippen LogP contribution in [0.25, 0.3) is 0 Å². The van der Waals surface area contributed by atoms with Gasteiger partial charge in [0, 0.05) is 12.6 Å². The molecule has 0 heterocycles. The number of carbonyl (C=O) groups is 2. The fraction of sp³-hybridized carbons (Fsp3) is 0.818. The van der Waals surface area contributed by atoms with Gasteiger partial charge in [0.1, 0.15) is 0 Å². The van der Waals surface area contributed by atoms with Gasteiger partial charge >= 0.3 is 0 Å². The Hall–Kier alpha value is -1.24. The molecule has 0 aromatic heterocycles. The highest BCUT2D eigenvalue weighted by atomic mass is 32.2. The van der Waals surface area contributed by atoms with E-state index in [1.54, 1.807) is 6.92 Å². The van der Waals surface area contributed by atoms with Crippen LogP contribution in [-0.2, 0) is 38.2 Å². The molecule has 136 valence electrons. The lowest BCUT2D eigenvalue weighted by Gasteiger charge is -2.14. The summed E-state index contributed by atoms with van der Waals surface area (Å²) in [5.41, 5.74) is 0. The van der Waals surface area contributed by atoms with Crippen LogP contribution in [-0.4, -0.2) is 67.0 Å². The molecule has 1 unspecified atom stereocenters. The molecular formula is C11H22N2O8S2. The van der Waals surface area contributed by atoms with Crippen molar-refractivity contribution in [2.24, 2.45) is 0 Å². The predicted molar refractivity (Wildman–Crippen MR) is 81.4 cm³/mol. The smallest absolute Gasteiger partial charge is 0.264 e. The number of hydrogen-bond acceptors (Lipinski definition) is 8. The molecule has 0 fully saturated rings. The molecule has 0 radical (unpaired) electrons. The number of amides is 2. The van der Waals surface area contributed by atoms with Gasteiger partial charge in [-0.15, -0.1) is 0 Å². The third-order valence-electron chi connectivity index (χ3n) is 2.27. The van der Waals surface area contributed by atoms with Gasteiger partial charge in [-0.2, -0.15) is 16.8 Å². The van der Waals surface area contributed by atoms with E-state index in [1.807, 2.05) is 0 Å². The minimum absolute atomic E-state index is 0.129. The average Bonchev–Trinajstić information content (AvgIpc) is 2.33. The SMILES string of the molecule is CC(CNC(=O)CCOS(C)(=O)=O)NC(=O)CCOS(C)(=O)=O. The average molecular weight is 374 g/mol. The molecule has 0 saturated heterocycles. The summed E-state index contributed by atoms with van der Waals surface area (Å²) in [6.07, 6.45) is 1.51. The maximum absolute atomic E-state index is 11.5. The molecule has 0 rings (SSSR count). The number of hydrogen-bond donors (Lipinski definition) is 2. The maximum Gasteiger partial charge on any atom is 0.264 e. The summed E-state index contributed by atoms with van der Waals surface area (Å²) in [7, 11) is -7.16. The summed E-state index contributed by atoms with van der Waals surface area (Å²) >= 11 is 0. The molecule has 10 nitrogen and oxygen atoms in total. The normalized spacial score (nSPS) is 13.3. The van der Waals surface area contributed by atoms with Crippen LogP contribution in [0.2, 0.25) is 0 Å². The predicted octanol–water partition coefficient (Wildman–Crippen LogP) is -1.66. The van der Waals surface area contributed by atoms with Crippen molar-refractivity contribution in [2.75, 3.05) is 32.3 Å². The summed E-state index contributed by atoms with van der Waals surface area (Å²) in [5.74, 6) is -0.842. The molecule has 0 spiro atoms. The van der Waals surface area contributed by atoms with Crippen LogP contribution < -0.4 is 10.6 Å². The van der Waals surface area contributed by atoms with E-state index in [2.05, 4.69) is 19.0 Å². The Labute approximate surface area is 136 Å². The van der Waals surface area contributed by atoms with Crippen molar-refractivity contribution < 1.29 is 34.8 Å². The van der Waals surface area contributed by atoms with E-state index >= 15 is 0 Å². The van der Waals surface area contributed by atoms with Crippen LogP contribution in [0.1, 0.15) is 19.8 Å². The quantitative estimate of drug-likeness (QED) is 0.409. The van der Waals surface area contributed by atoms with E-state index in [9.17, 15) is 26.4 Å². The number of rotatable bonds is 11. The lowest BCUT2D eigenvalue weighted by atomic mass is 10.3. The minimum atomic E-state index is -3.58. The summed E-state index contributed by atoms with van der Waals surface area (Å²) in [4.78, 5) is 22.9. The second kappa shape index (κ2) is 9.80. The molecule has 0 aliphatic rings. The molecule has 2 amide bonds. The first-order valence-corrected chi connectivity index (χ1v) is 10.3. The molecular weight excluding hydrogens is 352 g/mol. The Morgan fingerprint density at radius 3 is 1.78 bits per heavy atom. The van der Waals surface area contributed by atoms with Crippen molar-refractivity contribution in [3.8, 4) is 0 Å². The summed E-state index contributed by atoms with van der Waals surface area (Å²) < 4.78 is 51.7. The molecule has 0 bridgehead atoms. The van der Waals surface area contributed by atoms with Gasteiger partial charge < -0.3 is 10.6 Å². The first-order chi connectivity index (χ1) is 10.4. The summed E-state index contributed by atoms with van der Waals surface area (Å²) in [6, 6.07) is -0.388.